The summed E-state index contributed by atoms with van der Waals surface area (Å²) in [6.07, 6.45) is 3.52. The van der Waals surface area contributed by atoms with Gasteiger partial charge in [0.2, 0.25) is 0 Å². The second-order valence-electron chi connectivity index (χ2n) is 10.8. The molecule has 200 valence electrons. The van der Waals surface area contributed by atoms with Crippen LogP contribution >= 0.6 is 37.2 Å². The molecule has 1 heterocycles. The first-order chi connectivity index (χ1) is 16.0. The van der Waals surface area contributed by atoms with Crippen LogP contribution in [0.3, 0.4) is 0 Å². The minimum absolute atomic E-state index is 0. The molecule has 1 aliphatic rings. The molecule has 0 radical (unpaired) electrons. The second-order valence-corrected chi connectivity index (χ2v) is 24.4. The number of benzene rings is 3. The van der Waals surface area contributed by atoms with E-state index in [2.05, 4.69) is 115 Å². The van der Waals surface area contributed by atoms with Crippen LogP contribution in [-0.4, -0.2) is 42.7 Å². The van der Waals surface area contributed by atoms with E-state index >= 15 is 0 Å². The third-order valence-electron chi connectivity index (χ3n) is 8.68. The molecular weight excluding hydrogens is 545 g/mol. The quantitative estimate of drug-likeness (QED) is 0.414. The standard InChI is InChI=1S/C9H20N3.3C6H5.2CH3.3ClH.Ti/c1-4-10-6-2-8-12-9-3-7-11-5-1;3*1-2-4-6-5-3-1;;;;;;/h10-11H,1-9H2;3*1-5H;2*1H3;3*1H;/q-1;;;;;;;;;+1. The van der Waals surface area contributed by atoms with Crippen LogP contribution in [0.2, 0.25) is 10.5 Å². The average molecular weight is 589 g/mol. The van der Waals surface area contributed by atoms with Crippen LogP contribution < -0.4 is 22.2 Å². The van der Waals surface area contributed by atoms with E-state index in [0.717, 1.165) is 52.1 Å². The average Bonchev–Trinajstić information content (AvgIpc) is 2.86. The SMILES string of the molecule is Cl.Cl.Cl.[CH3][Ti]([CH3])([c]1ccccc1)([c]1ccccc1)([c]1ccccc1)[N]1CCCNCCCNCCC1. The molecule has 36 heavy (non-hydrogen) atoms. The van der Waals surface area contributed by atoms with Gasteiger partial charge in [0.15, 0.2) is 0 Å². The van der Waals surface area contributed by atoms with Crippen molar-refractivity contribution in [3.63, 3.8) is 0 Å². The molecule has 0 saturated carbocycles. The van der Waals surface area contributed by atoms with Gasteiger partial charge in [-0.25, -0.2) is 0 Å². The summed E-state index contributed by atoms with van der Waals surface area (Å²) in [5.74, 6) is 0. The molecule has 0 aromatic heterocycles. The summed E-state index contributed by atoms with van der Waals surface area (Å²) in [4.78, 5) is 0. The van der Waals surface area contributed by atoms with Crippen LogP contribution in [0.15, 0.2) is 91.0 Å². The summed E-state index contributed by atoms with van der Waals surface area (Å²) in [5.41, 5.74) is 0. The Labute approximate surface area is 235 Å². The van der Waals surface area contributed by atoms with Crippen LogP contribution in [0.25, 0.3) is 0 Å². The van der Waals surface area contributed by atoms with E-state index in [9.17, 15) is 0 Å². The van der Waals surface area contributed by atoms with Gasteiger partial charge in [-0.2, -0.15) is 0 Å². The van der Waals surface area contributed by atoms with Crippen molar-refractivity contribution >= 4 is 48.8 Å². The maximum absolute atomic E-state index is 4.54. The van der Waals surface area contributed by atoms with Gasteiger partial charge >= 0.3 is 200 Å². The molecule has 0 bridgehead atoms. The molecule has 1 fully saturated rings. The van der Waals surface area contributed by atoms with Gasteiger partial charge in [0, 0.05) is 0 Å². The molecule has 0 spiro atoms. The molecule has 0 amide bonds. The van der Waals surface area contributed by atoms with Crippen LogP contribution in [0.5, 0.6) is 0 Å². The van der Waals surface area contributed by atoms with E-state index in [-0.39, 0.29) is 37.2 Å². The summed E-state index contributed by atoms with van der Waals surface area (Å²) >= 11 is -4.54. The van der Waals surface area contributed by atoms with Gasteiger partial charge in [-0.1, -0.05) is 0 Å². The zero-order chi connectivity index (χ0) is 23.1. The Morgan fingerprint density at radius 2 is 0.806 bits per heavy atom. The number of hydrogen-bond acceptors (Lipinski definition) is 3. The minimum atomic E-state index is -4.54. The first-order valence-electron chi connectivity index (χ1n) is 12.8. The predicted octanol–water partition coefficient (Wildman–Crippen LogP) is 5.13. The number of nitrogens with one attached hydrogen (secondary N) is 2. The van der Waals surface area contributed by atoms with Crippen LogP contribution in [0.1, 0.15) is 19.3 Å². The van der Waals surface area contributed by atoms with E-state index in [1.54, 1.807) is 0 Å². The molecule has 7 heteroatoms. The van der Waals surface area contributed by atoms with Crippen LogP contribution in [0.4, 0.5) is 0 Å². The van der Waals surface area contributed by atoms with Crippen molar-refractivity contribution in [2.45, 2.75) is 29.7 Å². The molecule has 2 N–H and O–H groups in total. The van der Waals surface area contributed by atoms with E-state index in [4.69, 9.17) is 0 Å². The third kappa shape index (κ3) is 5.75. The van der Waals surface area contributed by atoms with Crippen molar-refractivity contribution in [2.75, 3.05) is 39.3 Å². The Morgan fingerprint density at radius 3 is 1.14 bits per heavy atom. The molecule has 1 saturated heterocycles. The van der Waals surface area contributed by atoms with E-state index in [1.165, 1.54) is 18.0 Å². The van der Waals surface area contributed by atoms with Crippen molar-refractivity contribution in [3.8, 4) is 0 Å². The Morgan fingerprint density at radius 1 is 0.500 bits per heavy atom. The summed E-state index contributed by atoms with van der Waals surface area (Å²) < 4.78 is 7.42. The zero-order valence-corrected chi connectivity index (χ0v) is 25.7. The molecule has 3 aromatic carbocycles. The third-order valence-corrected chi connectivity index (χ3v) is 23.7. The Balaban J connectivity index is 0.00000216. The summed E-state index contributed by atoms with van der Waals surface area (Å²) in [6, 6.07) is 34.3. The fourth-order valence-corrected chi connectivity index (χ4v) is 18.9. The van der Waals surface area contributed by atoms with E-state index < -0.39 is 14.3 Å². The number of rotatable bonds is 4. The zero-order valence-electron chi connectivity index (χ0n) is 21.7. The van der Waals surface area contributed by atoms with Gasteiger partial charge in [0.05, 0.1) is 0 Å². The van der Waals surface area contributed by atoms with Crippen molar-refractivity contribution in [2.24, 2.45) is 0 Å². The van der Waals surface area contributed by atoms with Gasteiger partial charge in [0.1, 0.15) is 0 Å². The topological polar surface area (TPSA) is 27.3 Å². The van der Waals surface area contributed by atoms with Crippen molar-refractivity contribution in [3.05, 3.63) is 91.0 Å². The summed E-state index contributed by atoms with van der Waals surface area (Å²) in [7, 11) is 0. The van der Waals surface area contributed by atoms with Gasteiger partial charge in [-0.15, -0.1) is 37.2 Å². The van der Waals surface area contributed by atoms with Gasteiger partial charge in [-0.3, -0.25) is 0 Å². The van der Waals surface area contributed by atoms with Gasteiger partial charge in [0.25, 0.3) is 0 Å². The molecule has 3 aromatic rings. The van der Waals surface area contributed by atoms with Gasteiger partial charge < -0.3 is 0 Å². The normalized spacial score (nSPS) is 17.8. The maximum atomic E-state index is 3.67. The second kappa shape index (κ2) is 13.8. The van der Waals surface area contributed by atoms with Crippen LogP contribution in [-0.2, 0) is 14.3 Å². The van der Waals surface area contributed by atoms with Crippen molar-refractivity contribution in [1.29, 1.82) is 0 Å². The molecule has 3 nitrogen and oxygen atoms in total. The van der Waals surface area contributed by atoms with Crippen LogP contribution in [0, 0.1) is 0 Å². The van der Waals surface area contributed by atoms with Crippen molar-refractivity contribution in [1.82, 2.24) is 14.0 Å². The van der Waals surface area contributed by atoms with E-state index in [1.807, 2.05) is 0 Å². The van der Waals surface area contributed by atoms with Crippen molar-refractivity contribution < 1.29 is 14.3 Å². The summed E-state index contributed by atoms with van der Waals surface area (Å²) in [6.45, 7) is 6.50. The Kier molecular flexibility index (Phi) is 12.7. The molecule has 1 aliphatic heterocycles. The predicted molar refractivity (Wildman–Crippen MR) is 163 cm³/mol. The number of hydrogen-bond donors (Lipinski definition) is 2. The molecular formula is C29H44Cl3N3Ti. The molecule has 0 atom stereocenters. The monoisotopic (exact) mass is 587 g/mol. The molecule has 4 rings (SSSR count). The first kappa shape index (κ1) is 33.2. The van der Waals surface area contributed by atoms with E-state index in [0.29, 0.717) is 0 Å². The summed E-state index contributed by atoms with van der Waals surface area (Å²) in [5, 5.41) is 12.7. The molecule has 0 aliphatic carbocycles. The fourth-order valence-electron chi connectivity index (χ4n) is 6.36. The first-order valence-corrected chi connectivity index (χ1v) is 18.9. The molecule has 0 unspecified atom stereocenters. The fraction of sp³-hybridized carbons (Fsp3) is 0.379. The van der Waals surface area contributed by atoms with Gasteiger partial charge in [-0.05, 0) is 0 Å². The number of halogens is 3. The number of nitrogens with zero attached hydrogens (tertiary/aromatic N) is 1. The Bertz CT molecular complexity index is 915. The Hall–Kier alpha value is -0.876.